The molecule has 2 saturated heterocycles. The van der Waals surface area contributed by atoms with Gasteiger partial charge in [0.2, 0.25) is 10.0 Å². The lowest BCUT2D eigenvalue weighted by atomic mass is 10.2. The molecule has 0 aromatic heterocycles. The lowest BCUT2D eigenvalue weighted by Crippen LogP contribution is -2.38. The molecule has 6 heteroatoms. The number of ether oxygens (including phenoxy) is 1. The Kier molecular flexibility index (Phi) is 4.70. The van der Waals surface area contributed by atoms with E-state index in [4.69, 9.17) is 4.74 Å². The average Bonchev–Trinajstić information content (AvgIpc) is 3.20. The minimum absolute atomic E-state index is 0.250. The molecular formula is C16H24N2O3S. The van der Waals surface area contributed by atoms with Crippen molar-refractivity contribution < 1.29 is 13.2 Å². The van der Waals surface area contributed by atoms with Crippen molar-refractivity contribution in [3.8, 4) is 5.75 Å². The van der Waals surface area contributed by atoms with Gasteiger partial charge in [-0.05, 0) is 31.9 Å². The number of likely N-dealkylation sites (tertiary alicyclic amines) is 1. The van der Waals surface area contributed by atoms with Crippen molar-refractivity contribution in [1.82, 2.24) is 9.21 Å². The Labute approximate surface area is 132 Å². The average molecular weight is 324 g/mol. The van der Waals surface area contributed by atoms with E-state index in [1.165, 1.54) is 0 Å². The summed E-state index contributed by atoms with van der Waals surface area (Å²) in [6, 6.07) is 7.93. The molecule has 1 aromatic carbocycles. The lowest BCUT2D eigenvalue weighted by Gasteiger charge is -2.21. The quantitative estimate of drug-likeness (QED) is 0.827. The van der Waals surface area contributed by atoms with Crippen LogP contribution in [-0.2, 0) is 16.6 Å². The second-order valence-corrected chi connectivity index (χ2v) is 8.32. The Hall–Kier alpha value is -1.11. The number of nitrogens with zero attached hydrogens (tertiary/aromatic N) is 2. The molecular weight excluding hydrogens is 300 g/mol. The Morgan fingerprint density at radius 1 is 1.18 bits per heavy atom. The van der Waals surface area contributed by atoms with Gasteiger partial charge in [-0.3, -0.25) is 4.90 Å². The number of hydrogen-bond donors (Lipinski definition) is 0. The van der Waals surface area contributed by atoms with Crippen LogP contribution in [0.2, 0.25) is 0 Å². The van der Waals surface area contributed by atoms with Crippen LogP contribution < -0.4 is 4.74 Å². The molecule has 2 fully saturated rings. The molecule has 0 unspecified atom stereocenters. The summed E-state index contributed by atoms with van der Waals surface area (Å²) < 4.78 is 32.3. The second kappa shape index (κ2) is 6.56. The Morgan fingerprint density at radius 2 is 1.91 bits per heavy atom. The summed E-state index contributed by atoms with van der Waals surface area (Å²) in [6.45, 7) is 3.60. The largest absolute Gasteiger partial charge is 0.496 e. The summed E-state index contributed by atoms with van der Waals surface area (Å²) >= 11 is 0. The van der Waals surface area contributed by atoms with Gasteiger partial charge in [0.15, 0.2) is 0 Å². The van der Waals surface area contributed by atoms with Gasteiger partial charge in [0.1, 0.15) is 5.75 Å². The van der Waals surface area contributed by atoms with E-state index >= 15 is 0 Å². The van der Waals surface area contributed by atoms with Crippen LogP contribution in [0.15, 0.2) is 24.3 Å². The van der Waals surface area contributed by atoms with E-state index in [9.17, 15) is 8.42 Å². The molecule has 3 rings (SSSR count). The zero-order valence-electron chi connectivity index (χ0n) is 13.1. The Morgan fingerprint density at radius 3 is 2.64 bits per heavy atom. The van der Waals surface area contributed by atoms with Crippen molar-refractivity contribution in [3.05, 3.63) is 29.8 Å². The maximum Gasteiger partial charge on any atom is 0.218 e. The first-order valence-electron chi connectivity index (χ1n) is 7.94. The van der Waals surface area contributed by atoms with Crippen molar-refractivity contribution in [3.63, 3.8) is 0 Å². The maximum absolute atomic E-state index is 12.6. The molecule has 1 atom stereocenters. The zero-order valence-corrected chi connectivity index (χ0v) is 13.9. The lowest BCUT2D eigenvalue weighted by molar-refractivity contribution is 0.320. The fraction of sp³-hybridized carbons (Fsp3) is 0.625. The molecule has 0 radical (unpaired) electrons. The highest BCUT2D eigenvalue weighted by molar-refractivity contribution is 7.89. The van der Waals surface area contributed by atoms with E-state index < -0.39 is 10.0 Å². The predicted molar refractivity (Wildman–Crippen MR) is 86.4 cm³/mol. The van der Waals surface area contributed by atoms with Crippen molar-refractivity contribution in [2.75, 3.05) is 33.3 Å². The van der Waals surface area contributed by atoms with Crippen LogP contribution in [0, 0.1) is 0 Å². The minimum atomic E-state index is -3.12. The van der Waals surface area contributed by atoms with E-state index in [1.54, 1.807) is 11.4 Å². The monoisotopic (exact) mass is 324 g/mol. The highest BCUT2D eigenvalue weighted by Gasteiger charge is 2.38. The topological polar surface area (TPSA) is 49.9 Å². The van der Waals surface area contributed by atoms with Crippen LogP contribution in [0.4, 0.5) is 0 Å². The van der Waals surface area contributed by atoms with E-state index in [-0.39, 0.29) is 5.25 Å². The van der Waals surface area contributed by atoms with Crippen molar-refractivity contribution in [2.45, 2.75) is 31.1 Å². The molecule has 5 nitrogen and oxygen atoms in total. The second-order valence-electron chi connectivity index (χ2n) is 6.11. The van der Waals surface area contributed by atoms with Gasteiger partial charge in [-0.1, -0.05) is 18.2 Å². The molecule has 122 valence electrons. The third kappa shape index (κ3) is 3.14. The number of rotatable bonds is 5. The van der Waals surface area contributed by atoms with Gasteiger partial charge >= 0.3 is 0 Å². The normalized spacial score (nSPS) is 24.0. The Balaban J connectivity index is 1.65. The molecule has 0 bridgehead atoms. The fourth-order valence-corrected chi connectivity index (χ4v) is 5.40. The first kappa shape index (κ1) is 15.8. The van der Waals surface area contributed by atoms with Gasteiger partial charge in [-0.25, -0.2) is 12.7 Å². The van der Waals surface area contributed by atoms with Crippen LogP contribution in [0.1, 0.15) is 24.8 Å². The summed E-state index contributed by atoms with van der Waals surface area (Å²) in [5, 5.41) is -0.250. The molecule has 0 amide bonds. The predicted octanol–water partition coefficient (Wildman–Crippen LogP) is 1.70. The van der Waals surface area contributed by atoms with E-state index in [0.717, 1.165) is 43.7 Å². The minimum Gasteiger partial charge on any atom is -0.496 e. The fourth-order valence-electron chi connectivity index (χ4n) is 3.41. The van der Waals surface area contributed by atoms with Crippen LogP contribution in [0.5, 0.6) is 5.75 Å². The molecule has 22 heavy (non-hydrogen) atoms. The number of benzene rings is 1. The highest BCUT2D eigenvalue weighted by Crippen LogP contribution is 2.26. The molecule has 2 aliphatic rings. The van der Waals surface area contributed by atoms with E-state index in [1.807, 2.05) is 24.3 Å². The summed E-state index contributed by atoms with van der Waals surface area (Å²) in [5.74, 6) is 0.869. The molecule has 2 heterocycles. The van der Waals surface area contributed by atoms with Gasteiger partial charge in [-0.15, -0.1) is 0 Å². The van der Waals surface area contributed by atoms with E-state index in [2.05, 4.69) is 4.90 Å². The van der Waals surface area contributed by atoms with Gasteiger partial charge in [-0.2, -0.15) is 0 Å². The molecule has 0 aliphatic carbocycles. The van der Waals surface area contributed by atoms with Crippen molar-refractivity contribution in [1.29, 1.82) is 0 Å². The smallest absolute Gasteiger partial charge is 0.218 e. The SMILES string of the molecule is COc1ccccc1CN1CC[C@H](S(=O)(=O)N2CCCC2)C1. The zero-order chi connectivity index (χ0) is 15.6. The van der Waals surface area contributed by atoms with Gasteiger partial charge in [0.25, 0.3) is 0 Å². The molecule has 0 saturated carbocycles. The Bertz CT molecular complexity index is 612. The third-order valence-electron chi connectivity index (χ3n) is 4.66. The van der Waals surface area contributed by atoms with Crippen LogP contribution in [-0.4, -0.2) is 56.2 Å². The number of hydrogen-bond acceptors (Lipinski definition) is 4. The number of methoxy groups -OCH3 is 1. The molecule has 2 aliphatic heterocycles. The summed E-state index contributed by atoms with van der Waals surface area (Å²) in [6.07, 6.45) is 2.72. The summed E-state index contributed by atoms with van der Waals surface area (Å²) in [5.41, 5.74) is 1.12. The van der Waals surface area contributed by atoms with Crippen molar-refractivity contribution in [2.24, 2.45) is 0 Å². The van der Waals surface area contributed by atoms with Crippen molar-refractivity contribution >= 4 is 10.0 Å². The standard InChI is InChI=1S/C16H24N2O3S/c1-21-16-7-3-2-6-14(16)12-17-11-8-15(13-17)22(19,20)18-9-4-5-10-18/h2-3,6-7,15H,4-5,8-13H2,1H3/t15-/m0/s1. The first-order chi connectivity index (χ1) is 10.6. The number of para-hydroxylation sites is 1. The van der Waals surface area contributed by atoms with Gasteiger partial charge in [0, 0.05) is 31.7 Å². The van der Waals surface area contributed by atoms with Gasteiger partial charge < -0.3 is 4.74 Å². The van der Waals surface area contributed by atoms with E-state index in [0.29, 0.717) is 19.6 Å². The third-order valence-corrected chi connectivity index (χ3v) is 6.97. The number of sulfonamides is 1. The highest BCUT2D eigenvalue weighted by atomic mass is 32.2. The summed E-state index contributed by atoms with van der Waals surface area (Å²) in [4.78, 5) is 2.22. The first-order valence-corrected chi connectivity index (χ1v) is 9.45. The van der Waals surface area contributed by atoms with Crippen LogP contribution in [0.3, 0.4) is 0 Å². The molecule has 1 aromatic rings. The maximum atomic E-state index is 12.6. The van der Waals surface area contributed by atoms with Gasteiger partial charge in [0.05, 0.1) is 12.4 Å². The van der Waals surface area contributed by atoms with Crippen LogP contribution >= 0.6 is 0 Å². The molecule has 0 N–H and O–H groups in total. The molecule has 0 spiro atoms. The summed E-state index contributed by atoms with van der Waals surface area (Å²) in [7, 11) is -1.45. The van der Waals surface area contributed by atoms with Crippen LogP contribution in [0.25, 0.3) is 0 Å².